The molecule has 0 saturated heterocycles. The lowest BCUT2D eigenvalue weighted by Gasteiger charge is -2.16. The molecule has 0 fully saturated rings. The van der Waals surface area contributed by atoms with Gasteiger partial charge in [0.05, 0.1) is 28.6 Å². The van der Waals surface area contributed by atoms with Crippen molar-refractivity contribution in [3.8, 4) is 0 Å². The van der Waals surface area contributed by atoms with Crippen molar-refractivity contribution in [2.24, 2.45) is 0 Å². The Morgan fingerprint density at radius 3 is 2.21 bits per heavy atom. The third-order valence-corrected chi connectivity index (χ3v) is 10.1. The van der Waals surface area contributed by atoms with E-state index in [4.69, 9.17) is 9.15 Å². The van der Waals surface area contributed by atoms with Crippen LogP contribution < -0.4 is 21.3 Å². The molecule has 1 unspecified atom stereocenters. The first-order chi connectivity index (χ1) is 25.2. The van der Waals surface area contributed by atoms with E-state index in [2.05, 4.69) is 21.3 Å². The number of hydrogen-bond acceptors (Lipinski definition) is 9. The van der Waals surface area contributed by atoms with E-state index in [0.717, 1.165) is 11.3 Å². The van der Waals surface area contributed by atoms with Gasteiger partial charge in [-0.2, -0.15) is 0 Å². The van der Waals surface area contributed by atoms with Crippen molar-refractivity contribution in [1.82, 2.24) is 5.32 Å². The summed E-state index contributed by atoms with van der Waals surface area (Å²) in [5, 5.41) is 10.8. The average molecular weight is 737 g/mol. The maximum absolute atomic E-state index is 13.7. The Labute approximate surface area is 308 Å². The lowest BCUT2D eigenvalue weighted by molar-refractivity contribution is -0.116. The van der Waals surface area contributed by atoms with Crippen molar-refractivity contribution in [2.45, 2.75) is 37.3 Å². The maximum atomic E-state index is 13.7. The summed E-state index contributed by atoms with van der Waals surface area (Å²) >= 11 is 2.27. The van der Waals surface area contributed by atoms with Crippen molar-refractivity contribution in [2.75, 3.05) is 22.6 Å². The molecule has 0 saturated carbocycles. The highest BCUT2D eigenvalue weighted by atomic mass is 32.2. The molecule has 4 amide bonds. The van der Waals surface area contributed by atoms with Gasteiger partial charge in [-0.15, -0.1) is 23.1 Å². The molecule has 0 aliphatic heterocycles. The van der Waals surface area contributed by atoms with Gasteiger partial charge in [-0.1, -0.05) is 49.4 Å². The molecule has 2 heterocycles. The van der Waals surface area contributed by atoms with Crippen LogP contribution in [0.1, 0.15) is 62.0 Å². The monoisotopic (exact) mass is 736 g/mol. The Morgan fingerprint density at radius 2 is 1.54 bits per heavy atom. The number of para-hydroxylation sites is 1. The van der Waals surface area contributed by atoms with Gasteiger partial charge in [0, 0.05) is 27.9 Å². The molecule has 0 aliphatic carbocycles. The summed E-state index contributed by atoms with van der Waals surface area (Å²) in [6, 6.07) is 27.7. The highest BCUT2D eigenvalue weighted by Gasteiger charge is 2.29. The topological polar surface area (TPSA) is 156 Å². The Morgan fingerprint density at radius 1 is 0.827 bits per heavy atom. The zero-order chi connectivity index (χ0) is 37.0. The van der Waals surface area contributed by atoms with Gasteiger partial charge in [-0.05, 0) is 80.4 Å². The molecular formula is C39H36N4O7S2. The van der Waals surface area contributed by atoms with Crippen LogP contribution in [0.5, 0.6) is 0 Å². The largest absolute Gasteiger partial charge is 0.465 e. The van der Waals surface area contributed by atoms with E-state index >= 15 is 0 Å². The van der Waals surface area contributed by atoms with Crippen LogP contribution in [0.25, 0.3) is 6.08 Å². The highest BCUT2D eigenvalue weighted by Crippen LogP contribution is 2.36. The number of rotatable bonds is 14. The number of carbonyl (C=O) groups is 5. The normalized spacial score (nSPS) is 11.6. The summed E-state index contributed by atoms with van der Waals surface area (Å²) in [5.74, 6) is -2.12. The number of esters is 1. The summed E-state index contributed by atoms with van der Waals surface area (Å²) in [6.45, 7) is 5.30. The predicted octanol–water partition coefficient (Wildman–Crippen LogP) is 8.00. The number of carbonyl (C=O) groups excluding carboxylic acids is 5. The summed E-state index contributed by atoms with van der Waals surface area (Å²) in [6.07, 6.45) is 3.31. The Hall–Kier alpha value is -5.92. The standard InChI is InChI=1S/C39H36N4O7S2/c1-4-31(36(46)43-38-32(39(48)49-5-2)24(3)33(52-38)37(47)40-26-16-10-7-11-17-26)51-29-20-12-18-27(22-29)41-35(45)30(23-28-19-13-21-50-28)42-34(44)25-14-8-6-9-15-25/h6-23,31H,4-5H2,1-3H3,(H,40,47)(H,41,45)(H,42,44)(H,43,46)/b30-23-. The van der Waals surface area contributed by atoms with Gasteiger partial charge in [0.15, 0.2) is 0 Å². The van der Waals surface area contributed by atoms with Crippen LogP contribution in [0, 0.1) is 6.92 Å². The molecule has 4 N–H and O–H groups in total. The zero-order valence-electron chi connectivity index (χ0n) is 28.6. The molecule has 0 bridgehead atoms. The van der Waals surface area contributed by atoms with Crippen molar-refractivity contribution in [1.29, 1.82) is 0 Å². The molecule has 11 nitrogen and oxygen atoms in total. The number of nitrogens with one attached hydrogen (secondary N) is 4. The molecule has 1 atom stereocenters. The molecular weight excluding hydrogens is 701 g/mol. The van der Waals surface area contributed by atoms with Crippen LogP contribution >= 0.6 is 23.1 Å². The molecule has 3 aromatic carbocycles. The summed E-state index contributed by atoms with van der Waals surface area (Å²) < 4.78 is 10.6. The highest BCUT2D eigenvalue weighted by molar-refractivity contribution is 8.00. The van der Waals surface area contributed by atoms with Crippen LogP contribution in [-0.4, -0.2) is 41.5 Å². The van der Waals surface area contributed by atoms with E-state index in [0.29, 0.717) is 39.6 Å². The maximum Gasteiger partial charge on any atom is 0.341 e. The number of furan rings is 1. The van der Waals surface area contributed by atoms with Crippen molar-refractivity contribution in [3.63, 3.8) is 0 Å². The third-order valence-electron chi connectivity index (χ3n) is 7.49. The van der Waals surface area contributed by atoms with Crippen LogP contribution in [-0.2, 0) is 14.3 Å². The van der Waals surface area contributed by atoms with Gasteiger partial charge < -0.3 is 30.4 Å². The van der Waals surface area contributed by atoms with Gasteiger partial charge in [0.1, 0.15) is 16.5 Å². The van der Waals surface area contributed by atoms with E-state index in [1.807, 2.05) is 13.0 Å². The number of ether oxygens (including phenoxy) is 1. The fourth-order valence-corrected chi connectivity index (χ4v) is 7.07. The first-order valence-electron chi connectivity index (χ1n) is 16.3. The van der Waals surface area contributed by atoms with Gasteiger partial charge in [0.25, 0.3) is 17.7 Å². The Kier molecular flexibility index (Phi) is 12.8. The molecule has 0 spiro atoms. The predicted molar refractivity (Wildman–Crippen MR) is 204 cm³/mol. The van der Waals surface area contributed by atoms with E-state index in [9.17, 15) is 24.0 Å². The second-order valence-electron chi connectivity index (χ2n) is 11.2. The average Bonchev–Trinajstić information content (AvgIpc) is 3.78. The summed E-state index contributed by atoms with van der Waals surface area (Å²) in [5.41, 5.74) is 1.88. The number of benzene rings is 3. The quantitative estimate of drug-likeness (QED) is 0.0508. The fraction of sp³-hybridized carbons (Fsp3) is 0.154. The van der Waals surface area contributed by atoms with Crippen molar-refractivity contribution >= 4 is 75.1 Å². The van der Waals surface area contributed by atoms with E-state index in [-0.39, 0.29) is 33.7 Å². The Balaban J connectivity index is 1.31. The minimum atomic E-state index is -0.644. The van der Waals surface area contributed by atoms with Gasteiger partial charge in [0.2, 0.25) is 5.91 Å². The van der Waals surface area contributed by atoms with E-state index in [1.165, 1.54) is 24.1 Å². The first kappa shape index (κ1) is 37.3. The number of thiophene rings is 1. The SMILES string of the molecule is CCOC(=O)c1c(NC(=O)C(CC)Sc2cccc(NC(=O)/C(=C/c3ccco3)NC(=O)c3ccccc3)c2)sc(C(=O)Nc2ccccc2)c1C. The molecule has 13 heteroatoms. The lowest BCUT2D eigenvalue weighted by atomic mass is 10.1. The summed E-state index contributed by atoms with van der Waals surface area (Å²) in [4.78, 5) is 67.2. The van der Waals surface area contributed by atoms with E-state index < -0.39 is 28.9 Å². The second-order valence-corrected chi connectivity index (χ2v) is 13.5. The molecule has 52 heavy (non-hydrogen) atoms. The number of amides is 4. The van der Waals surface area contributed by atoms with Crippen LogP contribution in [0.4, 0.5) is 16.4 Å². The fourth-order valence-electron chi connectivity index (χ4n) is 4.96. The van der Waals surface area contributed by atoms with Crippen molar-refractivity contribution < 1.29 is 33.1 Å². The van der Waals surface area contributed by atoms with Gasteiger partial charge >= 0.3 is 5.97 Å². The smallest absolute Gasteiger partial charge is 0.341 e. The Bertz CT molecular complexity index is 2080. The number of anilines is 3. The number of hydrogen-bond donors (Lipinski definition) is 4. The van der Waals surface area contributed by atoms with Crippen LogP contribution in [0.2, 0.25) is 0 Å². The molecule has 5 rings (SSSR count). The minimum Gasteiger partial charge on any atom is -0.465 e. The third kappa shape index (κ3) is 9.65. The van der Waals surface area contributed by atoms with Crippen LogP contribution in [0.15, 0.2) is 118 Å². The lowest BCUT2D eigenvalue weighted by Crippen LogP contribution is -2.30. The molecule has 2 aromatic heterocycles. The summed E-state index contributed by atoms with van der Waals surface area (Å²) in [7, 11) is 0. The van der Waals surface area contributed by atoms with Crippen LogP contribution in [0.3, 0.4) is 0 Å². The van der Waals surface area contributed by atoms with Crippen molar-refractivity contribution in [3.05, 3.63) is 136 Å². The molecule has 266 valence electrons. The molecule has 0 aliphatic rings. The number of thioether (sulfide) groups is 1. The van der Waals surface area contributed by atoms with Gasteiger partial charge in [-0.25, -0.2) is 4.79 Å². The zero-order valence-corrected chi connectivity index (χ0v) is 30.2. The van der Waals surface area contributed by atoms with E-state index in [1.54, 1.807) is 105 Å². The minimum absolute atomic E-state index is 0.0341. The molecule has 0 radical (unpaired) electrons. The second kappa shape index (κ2) is 17.8. The molecule has 5 aromatic rings. The van der Waals surface area contributed by atoms with Gasteiger partial charge in [-0.3, -0.25) is 19.2 Å². The first-order valence-corrected chi connectivity index (χ1v) is 18.0.